The molecule has 32 heavy (non-hydrogen) atoms. The molecule has 0 fully saturated rings. The van der Waals surface area contributed by atoms with Crippen molar-refractivity contribution in [3.63, 3.8) is 0 Å². The Labute approximate surface area is 179 Å². The summed E-state index contributed by atoms with van der Waals surface area (Å²) >= 11 is 0. The van der Waals surface area contributed by atoms with Crippen molar-refractivity contribution in [3.05, 3.63) is 82.3 Å². The molecule has 1 amide bonds. The monoisotopic (exact) mass is 453 g/mol. The quantitative estimate of drug-likeness (QED) is 0.536. The fraction of sp³-hybridized carbons (Fsp3) is 0.227. The van der Waals surface area contributed by atoms with Crippen LogP contribution in [0.2, 0.25) is 0 Å². The molecular weight excluding hydrogens is 436 g/mol. The number of alkyl halides is 6. The summed E-state index contributed by atoms with van der Waals surface area (Å²) in [6.07, 6.45) is -10.4. The van der Waals surface area contributed by atoms with Crippen molar-refractivity contribution >= 4 is 5.91 Å². The first kappa shape index (κ1) is 23.2. The van der Waals surface area contributed by atoms with E-state index in [0.29, 0.717) is 17.7 Å². The molecule has 0 unspecified atom stereocenters. The fourth-order valence-electron chi connectivity index (χ4n) is 3.24. The molecule has 0 radical (unpaired) electrons. The zero-order valence-electron chi connectivity index (χ0n) is 16.9. The van der Waals surface area contributed by atoms with Crippen molar-refractivity contribution in [2.75, 3.05) is 7.05 Å². The van der Waals surface area contributed by atoms with E-state index in [4.69, 9.17) is 0 Å². The number of benzene rings is 2. The van der Waals surface area contributed by atoms with Gasteiger partial charge in [-0.1, -0.05) is 30.3 Å². The number of hydrogen-bond acceptors (Lipinski definition) is 3. The Morgan fingerprint density at radius 3 is 1.97 bits per heavy atom. The molecule has 0 spiro atoms. The van der Waals surface area contributed by atoms with Crippen LogP contribution in [0.15, 0.2) is 48.5 Å². The Morgan fingerprint density at radius 1 is 0.906 bits per heavy atom. The second-order valence-electron chi connectivity index (χ2n) is 6.98. The molecule has 2 aromatic carbocycles. The maximum atomic E-state index is 13.2. The summed E-state index contributed by atoms with van der Waals surface area (Å²) in [5.41, 5.74) is -2.36. The Balaban J connectivity index is 2.21. The standard InChI is InChI=1S/C22H17F6N3O/c1-12-30-17(18(20(32)29-2)19(31-12)14-6-4-3-5-7-14)10-13-8-15(21(23,24)25)11-16(9-13)22(26,27)28/h3-9,11H,10H2,1-2H3,(H,29,32). The lowest BCUT2D eigenvalue weighted by Gasteiger charge is -2.16. The Morgan fingerprint density at radius 2 is 1.47 bits per heavy atom. The number of halogens is 6. The minimum Gasteiger partial charge on any atom is -0.355 e. The van der Waals surface area contributed by atoms with E-state index in [1.54, 1.807) is 30.3 Å². The lowest BCUT2D eigenvalue weighted by atomic mass is 9.97. The number of amides is 1. The molecule has 0 atom stereocenters. The van der Waals surface area contributed by atoms with Crippen LogP contribution in [0.5, 0.6) is 0 Å². The van der Waals surface area contributed by atoms with Crippen LogP contribution in [-0.4, -0.2) is 22.9 Å². The molecule has 1 aromatic heterocycles. The molecule has 0 saturated heterocycles. The molecule has 4 nitrogen and oxygen atoms in total. The molecule has 1 N–H and O–H groups in total. The molecule has 168 valence electrons. The summed E-state index contributed by atoms with van der Waals surface area (Å²) in [6, 6.07) is 9.85. The maximum absolute atomic E-state index is 13.2. The highest BCUT2D eigenvalue weighted by atomic mass is 19.4. The third-order valence-electron chi connectivity index (χ3n) is 4.62. The van der Waals surface area contributed by atoms with Crippen molar-refractivity contribution in [2.24, 2.45) is 0 Å². The number of carbonyl (C=O) groups excluding carboxylic acids is 1. The molecule has 0 bridgehead atoms. The number of aromatic nitrogens is 2. The van der Waals surface area contributed by atoms with Crippen molar-refractivity contribution in [1.29, 1.82) is 0 Å². The lowest BCUT2D eigenvalue weighted by molar-refractivity contribution is -0.143. The molecule has 0 aliphatic heterocycles. The third-order valence-corrected chi connectivity index (χ3v) is 4.62. The number of hydrogen-bond donors (Lipinski definition) is 1. The van der Waals surface area contributed by atoms with Crippen molar-refractivity contribution < 1.29 is 31.1 Å². The van der Waals surface area contributed by atoms with Crippen LogP contribution in [0.3, 0.4) is 0 Å². The van der Waals surface area contributed by atoms with E-state index < -0.39 is 35.8 Å². The topological polar surface area (TPSA) is 54.9 Å². The summed E-state index contributed by atoms with van der Waals surface area (Å²) in [7, 11) is 1.35. The Bertz CT molecular complexity index is 1110. The van der Waals surface area contributed by atoms with Gasteiger partial charge in [-0.3, -0.25) is 4.79 Å². The maximum Gasteiger partial charge on any atom is 0.416 e. The van der Waals surface area contributed by atoms with Crippen LogP contribution >= 0.6 is 0 Å². The molecule has 3 rings (SSSR count). The van der Waals surface area contributed by atoms with Crippen LogP contribution in [0.25, 0.3) is 11.3 Å². The van der Waals surface area contributed by atoms with E-state index in [2.05, 4.69) is 15.3 Å². The largest absolute Gasteiger partial charge is 0.416 e. The van der Waals surface area contributed by atoms with Gasteiger partial charge in [0.2, 0.25) is 0 Å². The number of nitrogens with zero attached hydrogens (tertiary/aromatic N) is 2. The molecule has 1 heterocycles. The smallest absolute Gasteiger partial charge is 0.355 e. The molecule has 0 saturated carbocycles. The van der Waals surface area contributed by atoms with Gasteiger partial charge >= 0.3 is 12.4 Å². The highest BCUT2D eigenvalue weighted by Gasteiger charge is 2.37. The van der Waals surface area contributed by atoms with E-state index in [0.717, 1.165) is 0 Å². The van der Waals surface area contributed by atoms with Gasteiger partial charge in [0.05, 0.1) is 28.1 Å². The van der Waals surface area contributed by atoms with Gasteiger partial charge < -0.3 is 5.32 Å². The molecule has 0 aliphatic rings. The van der Waals surface area contributed by atoms with Gasteiger partial charge in [-0.15, -0.1) is 0 Å². The summed E-state index contributed by atoms with van der Waals surface area (Å²) in [4.78, 5) is 21.1. The highest BCUT2D eigenvalue weighted by Crippen LogP contribution is 2.37. The van der Waals surface area contributed by atoms with E-state index in [-0.39, 0.29) is 34.4 Å². The highest BCUT2D eigenvalue weighted by molar-refractivity contribution is 6.00. The van der Waals surface area contributed by atoms with E-state index >= 15 is 0 Å². The summed E-state index contributed by atoms with van der Waals surface area (Å²) < 4.78 is 79.4. The number of carbonyl (C=O) groups is 1. The van der Waals surface area contributed by atoms with Gasteiger partial charge in [0.25, 0.3) is 5.91 Å². The summed E-state index contributed by atoms with van der Waals surface area (Å²) in [5, 5.41) is 2.43. The van der Waals surface area contributed by atoms with Crippen LogP contribution in [0, 0.1) is 6.92 Å². The summed E-state index contributed by atoms with van der Waals surface area (Å²) in [5.74, 6) is -0.392. The van der Waals surface area contributed by atoms with Crippen molar-refractivity contribution in [2.45, 2.75) is 25.7 Å². The van der Waals surface area contributed by atoms with Crippen molar-refractivity contribution in [3.8, 4) is 11.3 Å². The number of nitrogens with one attached hydrogen (secondary N) is 1. The average molecular weight is 453 g/mol. The second kappa shape index (κ2) is 8.60. The minimum absolute atomic E-state index is 0.0168. The molecular formula is C22H17F6N3O. The van der Waals surface area contributed by atoms with E-state index in [1.165, 1.54) is 14.0 Å². The zero-order valence-corrected chi connectivity index (χ0v) is 16.9. The van der Waals surface area contributed by atoms with Gasteiger partial charge in [-0.2, -0.15) is 26.3 Å². The van der Waals surface area contributed by atoms with Crippen LogP contribution in [0.4, 0.5) is 26.3 Å². The number of aryl methyl sites for hydroxylation is 1. The average Bonchev–Trinajstić information content (AvgIpc) is 2.72. The Hall–Kier alpha value is -3.43. The molecule has 3 aromatic rings. The first-order chi connectivity index (χ1) is 14.9. The fourth-order valence-corrected chi connectivity index (χ4v) is 3.24. The SMILES string of the molecule is CNC(=O)c1c(Cc2cc(C(F)(F)F)cc(C(F)(F)F)c2)nc(C)nc1-c1ccccc1. The van der Waals surface area contributed by atoms with Crippen molar-refractivity contribution in [1.82, 2.24) is 15.3 Å². The predicted molar refractivity (Wildman–Crippen MR) is 105 cm³/mol. The second-order valence-corrected chi connectivity index (χ2v) is 6.98. The van der Waals surface area contributed by atoms with E-state index in [9.17, 15) is 31.1 Å². The molecule has 0 aliphatic carbocycles. The third kappa shape index (κ3) is 5.06. The minimum atomic E-state index is -4.98. The number of rotatable bonds is 4. The van der Waals surface area contributed by atoms with Gasteiger partial charge in [-0.05, 0) is 30.7 Å². The Kier molecular flexibility index (Phi) is 6.25. The van der Waals surface area contributed by atoms with Gasteiger partial charge in [-0.25, -0.2) is 9.97 Å². The first-order valence-electron chi connectivity index (χ1n) is 9.33. The van der Waals surface area contributed by atoms with Crippen LogP contribution < -0.4 is 5.32 Å². The molecule has 10 heteroatoms. The normalized spacial score (nSPS) is 12.0. The van der Waals surface area contributed by atoms with Gasteiger partial charge in [0.15, 0.2) is 0 Å². The van der Waals surface area contributed by atoms with Crippen LogP contribution in [-0.2, 0) is 18.8 Å². The summed E-state index contributed by atoms with van der Waals surface area (Å²) in [6.45, 7) is 1.52. The van der Waals surface area contributed by atoms with Gasteiger partial charge in [0.1, 0.15) is 5.82 Å². The van der Waals surface area contributed by atoms with E-state index in [1.807, 2.05) is 0 Å². The van der Waals surface area contributed by atoms with Gasteiger partial charge in [0, 0.05) is 19.0 Å². The van der Waals surface area contributed by atoms with Crippen LogP contribution in [0.1, 0.15) is 38.6 Å². The predicted octanol–water partition coefficient (Wildman–Crippen LogP) is 5.44. The first-order valence-corrected chi connectivity index (χ1v) is 9.33. The lowest BCUT2D eigenvalue weighted by Crippen LogP contribution is -2.23. The zero-order chi connectivity index (χ0) is 23.7.